The number of hydrogen-bond donors (Lipinski definition) is 1. The topological polar surface area (TPSA) is 97.8 Å². The maximum Gasteiger partial charge on any atom is 0.225 e. The first-order valence-electron chi connectivity index (χ1n) is 14.4. The van der Waals surface area contributed by atoms with E-state index in [1.165, 1.54) is 5.56 Å². The van der Waals surface area contributed by atoms with Gasteiger partial charge in [0.05, 0.1) is 19.2 Å². The zero-order valence-corrected chi connectivity index (χ0v) is 23.3. The van der Waals surface area contributed by atoms with E-state index >= 15 is 0 Å². The van der Waals surface area contributed by atoms with Crippen LogP contribution in [0.25, 0.3) is 10.9 Å². The number of rotatable bonds is 8. The average molecular weight is 554 g/mol. The summed E-state index contributed by atoms with van der Waals surface area (Å²) in [4.78, 5) is 23.7. The van der Waals surface area contributed by atoms with Crippen molar-refractivity contribution in [2.45, 2.75) is 37.5 Å². The highest BCUT2D eigenvalue weighted by atomic mass is 16.5. The fraction of sp³-hybridized carbons (Fsp3) is 0.419. The number of nitrogens with zero attached hydrogens (tertiary/aromatic N) is 6. The molecule has 5 heterocycles. The molecule has 3 saturated heterocycles. The molecule has 2 aromatic carbocycles. The highest BCUT2D eigenvalue weighted by Crippen LogP contribution is 2.39. The molecule has 1 N–H and O–H groups in total. The molecule has 3 fully saturated rings. The molecule has 3 aliphatic heterocycles. The first-order valence-corrected chi connectivity index (χ1v) is 14.4. The van der Waals surface area contributed by atoms with Crippen molar-refractivity contribution < 1.29 is 14.2 Å². The van der Waals surface area contributed by atoms with Crippen LogP contribution >= 0.6 is 0 Å². The Morgan fingerprint density at radius 3 is 2.49 bits per heavy atom. The number of methoxy groups -OCH3 is 1. The maximum absolute atomic E-state index is 6.21. The third-order valence-electron chi connectivity index (χ3n) is 8.28. The predicted molar refractivity (Wildman–Crippen MR) is 157 cm³/mol. The third kappa shape index (κ3) is 5.37. The van der Waals surface area contributed by atoms with Gasteiger partial charge in [-0.25, -0.2) is 19.9 Å². The van der Waals surface area contributed by atoms with Crippen molar-refractivity contribution >= 4 is 22.7 Å². The molecule has 0 spiro atoms. The van der Waals surface area contributed by atoms with Crippen LogP contribution in [0.15, 0.2) is 61.2 Å². The van der Waals surface area contributed by atoms with E-state index in [1.54, 1.807) is 13.4 Å². The first kappa shape index (κ1) is 25.9. The maximum atomic E-state index is 6.21. The zero-order valence-electron chi connectivity index (χ0n) is 23.3. The second-order valence-electron chi connectivity index (χ2n) is 11.0. The smallest absolute Gasteiger partial charge is 0.225 e. The lowest BCUT2D eigenvalue weighted by Gasteiger charge is -2.41. The van der Waals surface area contributed by atoms with Crippen LogP contribution in [0.5, 0.6) is 11.5 Å². The van der Waals surface area contributed by atoms with E-state index < -0.39 is 0 Å². The molecule has 3 aliphatic rings. The van der Waals surface area contributed by atoms with Crippen molar-refractivity contribution in [2.24, 2.45) is 0 Å². The van der Waals surface area contributed by atoms with Crippen molar-refractivity contribution in [1.82, 2.24) is 25.3 Å². The lowest BCUT2D eigenvalue weighted by Crippen LogP contribution is -2.54. The molecule has 3 unspecified atom stereocenters. The minimum atomic E-state index is 0.00831. The molecule has 0 saturated carbocycles. The summed E-state index contributed by atoms with van der Waals surface area (Å²) in [7, 11) is 1.65. The second-order valence-corrected chi connectivity index (χ2v) is 11.0. The van der Waals surface area contributed by atoms with Crippen molar-refractivity contribution in [3.05, 3.63) is 72.3 Å². The second kappa shape index (κ2) is 11.5. The van der Waals surface area contributed by atoms with Gasteiger partial charge < -0.3 is 29.3 Å². The van der Waals surface area contributed by atoms with Crippen LogP contribution in [0.4, 0.5) is 11.8 Å². The Labute approximate surface area is 239 Å². The van der Waals surface area contributed by atoms with E-state index in [4.69, 9.17) is 29.2 Å². The molecular formula is C31H35N7O3. The third-order valence-corrected chi connectivity index (χ3v) is 8.28. The number of hydrogen-bond acceptors (Lipinski definition) is 10. The summed E-state index contributed by atoms with van der Waals surface area (Å²) >= 11 is 0. The predicted octanol–water partition coefficient (Wildman–Crippen LogP) is 3.24. The molecule has 0 amide bonds. The highest BCUT2D eigenvalue weighted by molar-refractivity contribution is 5.92. The van der Waals surface area contributed by atoms with Gasteiger partial charge in [0.1, 0.15) is 24.9 Å². The molecule has 212 valence electrons. The van der Waals surface area contributed by atoms with Gasteiger partial charge >= 0.3 is 0 Å². The molecular weight excluding hydrogens is 518 g/mol. The van der Waals surface area contributed by atoms with Crippen LogP contribution in [-0.2, 0) is 11.2 Å². The Morgan fingerprint density at radius 1 is 0.951 bits per heavy atom. The molecule has 2 aromatic heterocycles. The summed E-state index contributed by atoms with van der Waals surface area (Å²) in [5, 5.41) is 4.31. The average Bonchev–Trinajstić information content (AvgIpc) is 3.29. The quantitative estimate of drug-likeness (QED) is 0.350. The standard InChI is InChI=1S/C31H35N7O3/c1-39-28-13-27-26(12-29(28)41-19-25-16-32-9-10-40-25)30(36-20-35-27)37-17-23-7-8-24(18-37)38(23)31-33-14-22(15-34-31)11-21-5-3-2-4-6-21/h2-6,12-15,20,23-25,32H,7-11,16-19H2,1H3. The van der Waals surface area contributed by atoms with Crippen LogP contribution in [0.3, 0.4) is 0 Å². The summed E-state index contributed by atoms with van der Waals surface area (Å²) in [5.41, 5.74) is 3.22. The first-order chi connectivity index (χ1) is 20.2. The lowest BCUT2D eigenvalue weighted by atomic mass is 10.1. The Kier molecular flexibility index (Phi) is 7.24. The van der Waals surface area contributed by atoms with Crippen molar-refractivity contribution in [1.29, 1.82) is 0 Å². The van der Waals surface area contributed by atoms with E-state index in [0.717, 1.165) is 73.7 Å². The van der Waals surface area contributed by atoms with E-state index in [-0.39, 0.29) is 6.10 Å². The molecule has 3 atom stereocenters. The van der Waals surface area contributed by atoms with Gasteiger partial charge in [-0.2, -0.15) is 0 Å². The van der Waals surface area contributed by atoms with E-state index in [2.05, 4.69) is 44.4 Å². The lowest BCUT2D eigenvalue weighted by molar-refractivity contribution is -0.000233. The molecule has 4 aromatic rings. The Morgan fingerprint density at radius 2 is 1.76 bits per heavy atom. The summed E-state index contributed by atoms with van der Waals surface area (Å²) in [6.45, 7) is 4.49. The molecule has 7 rings (SSSR count). The van der Waals surface area contributed by atoms with Crippen molar-refractivity contribution in [3.63, 3.8) is 0 Å². The normalized spacial score (nSPS) is 22.2. The minimum Gasteiger partial charge on any atom is -0.493 e. The molecule has 0 aliphatic carbocycles. The van der Waals surface area contributed by atoms with Crippen molar-refractivity contribution in [2.75, 3.05) is 56.3 Å². The van der Waals surface area contributed by atoms with Crippen LogP contribution in [0.2, 0.25) is 0 Å². The number of fused-ring (bicyclic) bond motifs is 3. The van der Waals surface area contributed by atoms with Gasteiger partial charge in [0.2, 0.25) is 5.95 Å². The number of aromatic nitrogens is 4. The van der Waals surface area contributed by atoms with E-state index in [0.29, 0.717) is 36.8 Å². The fourth-order valence-electron chi connectivity index (χ4n) is 6.29. The summed E-state index contributed by atoms with van der Waals surface area (Å²) < 4.78 is 17.7. The molecule has 10 heteroatoms. The van der Waals surface area contributed by atoms with Crippen LogP contribution in [0, 0.1) is 0 Å². The molecule has 2 bridgehead atoms. The summed E-state index contributed by atoms with van der Waals surface area (Å²) in [6, 6.07) is 15.0. The SMILES string of the molecule is COc1cc2ncnc(N3CC4CCC(C3)N4c3ncc(Cc4ccccc4)cn3)c2cc1OCC1CNCCO1. The van der Waals surface area contributed by atoms with Crippen molar-refractivity contribution in [3.8, 4) is 11.5 Å². The van der Waals surface area contributed by atoms with E-state index in [1.807, 2.05) is 30.6 Å². The number of nitrogens with one attached hydrogen (secondary N) is 1. The number of benzene rings is 2. The van der Waals surface area contributed by atoms with Gasteiger partial charge in [-0.15, -0.1) is 0 Å². The number of anilines is 2. The Bertz CT molecular complexity index is 1470. The van der Waals surface area contributed by atoms with Gasteiger partial charge in [0.15, 0.2) is 11.5 Å². The zero-order chi connectivity index (χ0) is 27.6. The van der Waals surface area contributed by atoms with Crippen LogP contribution in [-0.4, -0.2) is 84.6 Å². The van der Waals surface area contributed by atoms with Gasteiger partial charge in [-0.05, 0) is 30.0 Å². The van der Waals surface area contributed by atoms with Gasteiger partial charge in [0, 0.05) is 68.5 Å². The molecule has 0 radical (unpaired) electrons. The number of ether oxygens (including phenoxy) is 3. The van der Waals surface area contributed by atoms with E-state index in [9.17, 15) is 0 Å². The number of morpholine rings is 1. The van der Waals surface area contributed by atoms with Crippen LogP contribution in [0.1, 0.15) is 24.0 Å². The largest absolute Gasteiger partial charge is 0.493 e. The molecule has 41 heavy (non-hydrogen) atoms. The molecule has 10 nitrogen and oxygen atoms in total. The Balaban J connectivity index is 1.09. The monoisotopic (exact) mass is 553 g/mol. The van der Waals surface area contributed by atoms with Gasteiger partial charge in [-0.1, -0.05) is 30.3 Å². The van der Waals surface area contributed by atoms with Crippen LogP contribution < -0.4 is 24.6 Å². The summed E-state index contributed by atoms with van der Waals surface area (Å²) in [5.74, 6) is 3.08. The summed E-state index contributed by atoms with van der Waals surface area (Å²) in [6.07, 6.45) is 8.65. The minimum absolute atomic E-state index is 0.00831. The Hall–Kier alpha value is -4.02. The number of piperazine rings is 1. The highest BCUT2D eigenvalue weighted by Gasteiger charge is 2.42. The van der Waals surface area contributed by atoms with Gasteiger partial charge in [0.25, 0.3) is 0 Å². The fourth-order valence-corrected chi connectivity index (χ4v) is 6.29. The van der Waals surface area contributed by atoms with Gasteiger partial charge in [-0.3, -0.25) is 0 Å².